The molecule has 0 aliphatic heterocycles. The predicted molar refractivity (Wildman–Crippen MR) is 175 cm³/mol. The third-order valence-electron chi connectivity index (χ3n) is 9.12. The summed E-state index contributed by atoms with van der Waals surface area (Å²) >= 11 is 0. The van der Waals surface area contributed by atoms with Gasteiger partial charge < -0.3 is 4.74 Å². The number of hydrogen-bond donors (Lipinski definition) is 0. The van der Waals surface area contributed by atoms with Crippen LogP contribution < -0.4 is 0 Å². The van der Waals surface area contributed by atoms with Crippen LogP contribution in [0.2, 0.25) is 0 Å². The summed E-state index contributed by atoms with van der Waals surface area (Å²) in [6, 6.07) is 0. The van der Waals surface area contributed by atoms with Crippen molar-refractivity contribution in [3.63, 3.8) is 0 Å². The lowest BCUT2D eigenvalue weighted by Gasteiger charge is -2.21. The first-order valence-electron chi connectivity index (χ1n) is 18.3. The van der Waals surface area contributed by atoms with E-state index < -0.39 is 11.9 Å². The Morgan fingerprint density at radius 3 is 1.37 bits per heavy atom. The van der Waals surface area contributed by atoms with Crippen LogP contribution in [0.1, 0.15) is 202 Å². The second-order valence-corrected chi connectivity index (χ2v) is 13.4. The molecule has 0 saturated heterocycles. The summed E-state index contributed by atoms with van der Waals surface area (Å²) in [7, 11) is 0. The Hall–Kier alpha value is -0.670. The van der Waals surface area contributed by atoms with Crippen LogP contribution in [0.5, 0.6) is 0 Å². The van der Waals surface area contributed by atoms with Crippen molar-refractivity contribution in [2.75, 3.05) is 6.61 Å². The van der Waals surface area contributed by atoms with Crippen molar-refractivity contribution in [2.45, 2.75) is 207 Å². The number of hydrogen-bond acceptors (Lipinski definition) is 2. The Morgan fingerprint density at radius 1 is 0.561 bits per heavy atom. The molecule has 0 heterocycles. The van der Waals surface area contributed by atoms with Gasteiger partial charge in [-0.05, 0) is 37.0 Å². The van der Waals surface area contributed by atoms with Gasteiger partial charge in [0.05, 0.1) is 6.61 Å². The summed E-state index contributed by atoms with van der Waals surface area (Å²) in [4.78, 5) is 12.3. The molecule has 0 aromatic rings. The first kappa shape index (κ1) is 40.3. The lowest BCUT2D eigenvalue weighted by Crippen LogP contribution is -2.32. The molecule has 41 heavy (non-hydrogen) atoms. The number of ether oxygens (including phenoxy) is 1. The van der Waals surface area contributed by atoms with Gasteiger partial charge in [-0.15, -0.1) is 0 Å². The lowest BCUT2D eigenvalue weighted by molar-refractivity contribution is -0.174. The third-order valence-corrected chi connectivity index (χ3v) is 9.12. The van der Waals surface area contributed by atoms with E-state index in [0.717, 1.165) is 50.9 Å². The van der Waals surface area contributed by atoms with E-state index in [1.54, 1.807) is 0 Å². The van der Waals surface area contributed by atoms with Gasteiger partial charge in [-0.1, -0.05) is 176 Å². The van der Waals surface area contributed by atoms with E-state index >= 15 is 0 Å². The fraction of sp³-hybridized carbons (Fsp3) is 0.973. The quantitative estimate of drug-likeness (QED) is 0.0596. The van der Waals surface area contributed by atoms with E-state index in [4.69, 9.17) is 4.74 Å². The molecule has 0 aliphatic carbocycles. The monoisotopic (exact) mass is 587 g/mol. The number of halogens is 2. The number of esters is 1. The minimum Gasteiger partial charge on any atom is -0.461 e. The maximum Gasteiger partial charge on any atom is 0.376 e. The normalized spacial score (nSPS) is 13.6. The Bertz CT molecular complexity index is 563. The van der Waals surface area contributed by atoms with Crippen LogP contribution in [0, 0.1) is 17.8 Å². The van der Waals surface area contributed by atoms with Gasteiger partial charge in [-0.25, -0.2) is 4.79 Å². The predicted octanol–water partition coefficient (Wildman–Crippen LogP) is 13.3. The molecule has 2 nitrogen and oxygen atoms in total. The van der Waals surface area contributed by atoms with Gasteiger partial charge in [0.2, 0.25) is 0 Å². The third kappa shape index (κ3) is 24.5. The molecule has 2 unspecified atom stereocenters. The summed E-state index contributed by atoms with van der Waals surface area (Å²) < 4.78 is 34.4. The molecule has 2 atom stereocenters. The number of alkyl halides is 2. The van der Waals surface area contributed by atoms with Gasteiger partial charge in [0, 0.05) is 6.42 Å². The number of carbonyl (C=O) groups excluding carboxylic acids is 1. The van der Waals surface area contributed by atoms with Crippen molar-refractivity contribution in [3.05, 3.63) is 0 Å². The molecule has 0 aromatic heterocycles. The van der Waals surface area contributed by atoms with Crippen molar-refractivity contribution in [3.8, 4) is 0 Å². The first-order chi connectivity index (χ1) is 19.8. The van der Waals surface area contributed by atoms with Crippen LogP contribution in [0.15, 0.2) is 0 Å². The molecule has 0 aliphatic rings. The van der Waals surface area contributed by atoms with Crippen molar-refractivity contribution < 1.29 is 18.3 Å². The average molecular weight is 587 g/mol. The molecular formula is C37H72F2O2. The van der Waals surface area contributed by atoms with Gasteiger partial charge in [-0.2, -0.15) is 8.78 Å². The Kier molecular flexibility index (Phi) is 27.7. The van der Waals surface area contributed by atoms with Crippen molar-refractivity contribution >= 4 is 5.97 Å². The lowest BCUT2D eigenvalue weighted by atomic mass is 9.85. The van der Waals surface area contributed by atoms with E-state index in [9.17, 15) is 13.6 Å². The highest BCUT2D eigenvalue weighted by Gasteiger charge is 2.40. The second kappa shape index (κ2) is 28.1. The average Bonchev–Trinajstić information content (AvgIpc) is 2.94. The molecule has 246 valence electrons. The van der Waals surface area contributed by atoms with Crippen LogP contribution in [0.3, 0.4) is 0 Å². The maximum atomic E-state index is 14.6. The van der Waals surface area contributed by atoms with Gasteiger partial charge in [0.1, 0.15) is 0 Å². The van der Waals surface area contributed by atoms with Crippen molar-refractivity contribution in [1.29, 1.82) is 0 Å². The van der Waals surface area contributed by atoms with E-state index in [-0.39, 0.29) is 18.9 Å². The minimum absolute atomic E-state index is 0.158. The highest BCUT2D eigenvalue weighted by molar-refractivity contribution is 5.77. The summed E-state index contributed by atoms with van der Waals surface area (Å²) in [5, 5.41) is 0. The molecule has 0 amide bonds. The molecule has 0 rings (SSSR count). The van der Waals surface area contributed by atoms with E-state index in [1.807, 2.05) is 0 Å². The van der Waals surface area contributed by atoms with Crippen molar-refractivity contribution in [1.82, 2.24) is 0 Å². The Labute approximate surface area is 255 Å². The van der Waals surface area contributed by atoms with Crippen LogP contribution in [0.4, 0.5) is 8.78 Å². The molecule has 0 saturated carbocycles. The molecule has 0 aromatic carbocycles. The Morgan fingerprint density at radius 2 is 0.927 bits per heavy atom. The Balaban J connectivity index is 4.26. The van der Waals surface area contributed by atoms with Gasteiger partial charge >= 0.3 is 11.9 Å². The summed E-state index contributed by atoms with van der Waals surface area (Å²) in [6.07, 6.45) is 28.7. The largest absolute Gasteiger partial charge is 0.461 e. The number of carbonyl (C=O) groups is 1. The SMILES string of the molecule is CCCCCCCCCC(CCCCCCC(F)(F)C(=O)OCC(CCCCCC)CCCCCCCC)C(C)C. The standard InChI is InChI=1S/C37H72F2O2/c1-6-9-12-15-17-19-24-29-35(33(4)5)30-25-20-21-26-31-37(38,39)36(40)41-32-34(27-22-14-11-8-3)28-23-18-16-13-10-7-2/h33-35H,6-32H2,1-5H3. The van der Waals surface area contributed by atoms with Crippen LogP contribution in [0.25, 0.3) is 0 Å². The fourth-order valence-electron chi connectivity index (χ4n) is 6.07. The zero-order valence-corrected chi connectivity index (χ0v) is 28.4. The molecule has 0 fully saturated rings. The highest BCUT2D eigenvalue weighted by Crippen LogP contribution is 2.28. The highest BCUT2D eigenvalue weighted by atomic mass is 19.3. The van der Waals surface area contributed by atoms with Crippen LogP contribution >= 0.6 is 0 Å². The van der Waals surface area contributed by atoms with Gasteiger partial charge in [0.15, 0.2) is 0 Å². The zero-order valence-electron chi connectivity index (χ0n) is 28.4. The smallest absolute Gasteiger partial charge is 0.376 e. The van der Waals surface area contributed by atoms with Gasteiger partial charge in [-0.3, -0.25) is 0 Å². The second-order valence-electron chi connectivity index (χ2n) is 13.4. The minimum atomic E-state index is -3.36. The summed E-state index contributed by atoms with van der Waals surface area (Å²) in [5.41, 5.74) is 0. The topological polar surface area (TPSA) is 26.3 Å². The van der Waals surface area contributed by atoms with E-state index in [2.05, 4.69) is 34.6 Å². The molecule has 0 radical (unpaired) electrons. The maximum absolute atomic E-state index is 14.6. The summed E-state index contributed by atoms with van der Waals surface area (Å²) in [6.45, 7) is 11.5. The fourth-order valence-corrected chi connectivity index (χ4v) is 6.07. The van der Waals surface area contributed by atoms with Crippen LogP contribution in [-0.4, -0.2) is 18.5 Å². The molecule has 4 heteroatoms. The van der Waals surface area contributed by atoms with Gasteiger partial charge in [0.25, 0.3) is 0 Å². The molecular weight excluding hydrogens is 514 g/mol. The summed E-state index contributed by atoms with van der Waals surface area (Å²) in [5.74, 6) is -3.01. The molecule has 0 bridgehead atoms. The zero-order chi connectivity index (χ0) is 30.6. The van der Waals surface area contributed by atoms with E-state index in [1.165, 1.54) is 109 Å². The van der Waals surface area contributed by atoms with E-state index in [0.29, 0.717) is 12.3 Å². The number of unbranched alkanes of at least 4 members (excludes halogenated alkanes) is 17. The first-order valence-corrected chi connectivity index (χ1v) is 18.3. The van der Waals surface area contributed by atoms with Crippen molar-refractivity contribution in [2.24, 2.45) is 17.8 Å². The number of rotatable bonds is 31. The molecule has 0 spiro atoms. The molecule has 0 N–H and O–H groups in total. The van der Waals surface area contributed by atoms with Crippen LogP contribution in [-0.2, 0) is 9.53 Å².